The van der Waals surface area contributed by atoms with Gasteiger partial charge in [0.1, 0.15) is 0 Å². The summed E-state index contributed by atoms with van der Waals surface area (Å²) in [5.41, 5.74) is -0.948. The first kappa shape index (κ1) is 15.2. The Morgan fingerprint density at radius 1 is 1.57 bits per heavy atom. The molecule has 1 aromatic rings. The summed E-state index contributed by atoms with van der Waals surface area (Å²) in [6, 6.07) is 3.45. The van der Waals surface area contributed by atoms with Gasteiger partial charge >= 0.3 is 5.97 Å². The molecule has 1 saturated heterocycles. The number of carbonyl (C=O) groups is 1. The van der Waals surface area contributed by atoms with E-state index in [0.29, 0.717) is 19.4 Å². The number of hydrogen-bond donors (Lipinski definition) is 1. The fourth-order valence-electron chi connectivity index (χ4n) is 2.91. The number of nitrogens with zero attached hydrogens (tertiary/aromatic N) is 2. The molecule has 1 aliphatic rings. The van der Waals surface area contributed by atoms with Crippen LogP contribution in [0.2, 0.25) is 0 Å². The molecule has 0 radical (unpaired) electrons. The van der Waals surface area contributed by atoms with Crippen LogP contribution in [0.5, 0.6) is 0 Å². The second-order valence-electron chi connectivity index (χ2n) is 5.40. The van der Waals surface area contributed by atoms with Crippen molar-refractivity contribution < 1.29 is 19.2 Å². The van der Waals surface area contributed by atoms with Crippen molar-refractivity contribution in [2.45, 2.75) is 26.2 Å². The highest BCUT2D eigenvalue weighted by atomic mass is 19.1. The Hall–Kier alpha value is -2.18. The number of benzene rings is 1. The van der Waals surface area contributed by atoms with Crippen LogP contribution in [0.1, 0.15) is 26.2 Å². The van der Waals surface area contributed by atoms with Gasteiger partial charge in [0.15, 0.2) is 5.82 Å². The lowest BCUT2D eigenvalue weighted by molar-refractivity contribution is -0.385. The largest absolute Gasteiger partial charge is 0.481 e. The molecule has 1 fully saturated rings. The maximum Gasteiger partial charge on any atom is 0.311 e. The van der Waals surface area contributed by atoms with Crippen molar-refractivity contribution in [1.82, 2.24) is 0 Å². The van der Waals surface area contributed by atoms with Crippen molar-refractivity contribution in [1.29, 1.82) is 0 Å². The van der Waals surface area contributed by atoms with Gasteiger partial charge in [0.25, 0.3) is 5.69 Å². The van der Waals surface area contributed by atoms with E-state index in [1.165, 1.54) is 12.1 Å². The van der Waals surface area contributed by atoms with E-state index < -0.39 is 22.1 Å². The van der Waals surface area contributed by atoms with Crippen molar-refractivity contribution in [3.8, 4) is 0 Å². The van der Waals surface area contributed by atoms with Crippen molar-refractivity contribution in [3.05, 3.63) is 34.1 Å². The fourth-order valence-corrected chi connectivity index (χ4v) is 2.91. The van der Waals surface area contributed by atoms with E-state index in [0.717, 1.165) is 12.5 Å². The van der Waals surface area contributed by atoms with Gasteiger partial charge in [-0.2, -0.15) is 0 Å². The van der Waals surface area contributed by atoms with E-state index in [-0.39, 0.29) is 17.9 Å². The molecule has 1 N–H and O–H groups in total. The highest BCUT2D eigenvalue weighted by molar-refractivity contribution is 5.77. The SMILES string of the molecule is CCCC1(C(=O)O)CCN(c2ccc([N+](=O)[O-])cc2F)C1. The average molecular weight is 296 g/mol. The van der Waals surface area contributed by atoms with Crippen LogP contribution in [0, 0.1) is 21.3 Å². The number of carboxylic acids is 1. The van der Waals surface area contributed by atoms with E-state index in [4.69, 9.17) is 0 Å². The number of rotatable bonds is 5. The lowest BCUT2D eigenvalue weighted by atomic mass is 9.83. The summed E-state index contributed by atoms with van der Waals surface area (Å²) in [6.07, 6.45) is 1.73. The van der Waals surface area contributed by atoms with Crippen LogP contribution < -0.4 is 4.90 Å². The monoisotopic (exact) mass is 296 g/mol. The number of anilines is 1. The highest BCUT2D eigenvalue weighted by Gasteiger charge is 2.44. The molecule has 0 aliphatic carbocycles. The standard InChI is InChI=1S/C14H17FN2O4/c1-2-5-14(13(18)19)6-7-16(9-14)12-4-3-10(17(20)21)8-11(12)15/h3-4,8H,2,5-7,9H2,1H3,(H,18,19). The molecule has 1 aliphatic heterocycles. The molecule has 0 aromatic heterocycles. The molecule has 0 amide bonds. The van der Waals surface area contributed by atoms with Gasteiger partial charge in [-0.1, -0.05) is 13.3 Å². The van der Waals surface area contributed by atoms with Crippen molar-refractivity contribution in [3.63, 3.8) is 0 Å². The lowest BCUT2D eigenvalue weighted by Crippen LogP contribution is -2.34. The van der Waals surface area contributed by atoms with Gasteiger partial charge in [0.05, 0.1) is 22.1 Å². The van der Waals surface area contributed by atoms with Gasteiger partial charge < -0.3 is 10.0 Å². The maximum absolute atomic E-state index is 14.0. The van der Waals surface area contributed by atoms with Crippen LogP contribution in [0.15, 0.2) is 18.2 Å². The third-order valence-electron chi connectivity index (χ3n) is 4.02. The summed E-state index contributed by atoms with van der Waals surface area (Å²) in [6.45, 7) is 2.58. The summed E-state index contributed by atoms with van der Waals surface area (Å²) in [5, 5.41) is 20.0. The molecule has 6 nitrogen and oxygen atoms in total. The van der Waals surface area contributed by atoms with Crippen molar-refractivity contribution in [2.75, 3.05) is 18.0 Å². The molecule has 0 bridgehead atoms. The van der Waals surface area contributed by atoms with Gasteiger partial charge in [0, 0.05) is 19.2 Å². The zero-order chi connectivity index (χ0) is 15.6. The smallest absolute Gasteiger partial charge is 0.311 e. The zero-order valence-electron chi connectivity index (χ0n) is 11.7. The Kier molecular flexibility index (Phi) is 4.11. The van der Waals surface area contributed by atoms with Crippen LogP contribution in [0.25, 0.3) is 0 Å². The molecule has 0 saturated carbocycles. The first-order valence-electron chi connectivity index (χ1n) is 6.82. The Morgan fingerprint density at radius 3 is 2.81 bits per heavy atom. The number of non-ortho nitro benzene ring substituents is 1. The van der Waals surface area contributed by atoms with Crippen LogP contribution >= 0.6 is 0 Å². The molecule has 114 valence electrons. The summed E-state index contributed by atoms with van der Waals surface area (Å²) in [7, 11) is 0. The number of aliphatic carboxylic acids is 1. The minimum Gasteiger partial charge on any atom is -0.481 e. The van der Waals surface area contributed by atoms with Gasteiger partial charge in [0.2, 0.25) is 0 Å². The normalized spacial score (nSPS) is 21.5. The van der Waals surface area contributed by atoms with E-state index in [1.807, 2.05) is 6.92 Å². The number of halogens is 1. The molecule has 21 heavy (non-hydrogen) atoms. The van der Waals surface area contributed by atoms with Crippen LogP contribution in [-0.2, 0) is 4.79 Å². The Bertz CT molecular complexity index is 578. The second kappa shape index (κ2) is 5.67. The Morgan fingerprint density at radius 2 is 2.29 bits per heavy atom. The molecular formula is C14H17FN2O4. The van der Waals surface area contributed by atoms with E-state index in [2.05, 4.69) is 0 Å². The fraction of sp³-hybridized carbons (Fsp3) is 0.500. The van der Waals surface area contributed by atoms with Crippen LogP contribution in [0.4, 0.5) is 15.8 Å². The van der Waals surface area contributed by atoms with E-state index in [1.54, 1.807) is 4.90 Å². The first-order chi connectivity index (χ1) is 9.89. The average Bonchev–Trinajstić information content (AvgIpc) is 2.84. The molecule has 0 spiro atoms. The quantitative estimate of drug-likeness (QED) is 0.667. The zero-order valence-corrected chi connectivity index (χ0v) is 11.7. The van der Waals surface area contributed by atoms with Gasteiger partial charge in [-0.25, -0.2) is 4.39 Å². The molecule has 1 unspecified atom stereocenters. The third-order valence-corrected chi connectivity index (χ3v) is 4.02. The van der Waals surface area contributed by atoms with Crippen LogP contribution in [0.3, 0.4) is 0 Å². The Labute approximate surface area is 121 Å². The lowest BCUT2D eigenvalue weighted by Gasteiger charge is -2.25. The van der Waals surface area contributed by atoms with E-state index >= 15 is 0 Å². The predicted octanol–water partition coefficient (Wildman–Crippen LogP) is 2.82. The van der Waals surface area contributed by atoms with Gasteiger partial charge in [-0.15, -0.1) is 0 Å². The first-order valence-corrected chi connectivity index (χ1v) is 6.82. The number of carboxylic acid groups (broad SMARTS) is 1. The molecule has 1 heterocycles. The molecule has 7 heteroatoms. The molecule has 2 rings (SSSR count). The van der Waals surface area contributed by atoms with Gasteiger partial charge in [-0.05, 0) is 18.9 Å². The van der Waals surface area contributed by atoms with Crippen molar-refractivity contribution >= 4 is 17.3 Å². The second-order valence-corrected chi connectivity index (χ2v) is 5.40. The number of nitro groups is 1. The minimum absolute atomic E-state index is 0.222. The number of hydrogen-bond acceptors (Lipinski definition) is 4. The highest BCUT2D eigenvalue weighted by Crippen LogP contribution is 2.39. The maximum atomic E-state index is 14.0. The number of nitro benzene ring substituents is 1. The molecular weight excluding hydrogens is 279 g/mol. The Balaban J connectivity index is 2.25. The van der Waals surface area contributed by atoms with Crippen LogP contribution in [-0.4, -0.2) is 29.1 Å². The van der Waals surface area contributed by atoms with Crippen molar-refractivity contribution in [2.24, 2.45) is 5.41 Å². The summed E-state index contributed by atoms with van der Waals surface area (Å²) in [5.74, 6) is -1.56. The van der Waals surface area contributed by atoms with E-state index in [9.17, 15) is 24.4 Å². The predicted molar refractivity (Wildman–Crippen MR) is 74.9 cm³/mol. The third kappa shape index (κ3) is 2.81. The summed E-state index contributed by atoms with van der Waals surface area (Å²) < 4.78 is 14.0. The minimum atomic E-state index is -0.867. The topological polar surface area (TPSA) is 83.7 Å². The van der Waals surface area contributed by atoms with Gasteiger partial charge in [-0.3, -0.25) is 14.9 Å². The summed E-state index contributed by atoms with van der Waals surface area (Å²) in [4.78, 5) is 23.1. The molecule has 1 aromatic carbocycles. The molecule has 1 atom stereocenters. The summed E-state index contributed by atoms with van der Waals surface area (Å²) >= 11 is 0.